The molecule has 9 nitrogen and oxygen atoms in total. The third kappa shape index (κ3) is 41.6. The van der Waals surface area contributed by atoms with Gasteiger partial charge < -0.3 is 18.9 Å². The highest BCUT2D eigenvalue weighted by atomic mass is 31.2. The Morgan fingerprint density at radius 2 is 0.964 bits per heavy atom. The molecule has 56 heavy (non-hydrogen) atoms. The van der Waals surface area contributed by atoms with Crippen molar-refractivity contribution in [3.05, 3.63) is 48.6 Å². The van der Waals surface area contributed by atoms with Gasteiger partial charge in [0.05, 0.1) is 27.7 Å². The fourth-order valence-electron chi connectivity index (χ4n) is 5.82. The van der Waals surface area contributed by atoms with E-state index in [1.165, 1.54) is 89.9 Å². The first-order chi connectivity index (χ1) is 27.0. The summed E-state index contributed by atoms with van der Waals surface area (Å²) in [6, 6.07) is 0. The van der Waals surface area contributed by atoms with Crippen LogP contribution in [-0.2, 0) is 32.7 Å². The van der Waals surface area contributed by atoms with Gasteiger partial charge in [-0.05, 0) is 57.8 Å². The molecule has 0 saturated heterocycles. The van der Waals surface area contributed by atoms with Gasteiger partial charge in [0.15, 0.2) is 6.10 Å². The van der Waals surface area contributed by atoms with E-state index in [1.807, 2.05) is 21.1 Å². The molecule has 0 bridgehead atoms. The maximum absolute atomic E-state index is 12.7. The lowest BCUT2D eigenvalue weighted by Crippen LogP contribution is -2.37. The molecule has 0 heterocycles. The molecule has 10 heteroatoms. The van der Waals surface area contributed by atoms with Crippen LogP contribution in [0, 0.1) is 0 Å². The Balaban J connectivity index is 4.42. The van der Waals surface area contributed by atoms with Crippen LogP contribution in [0.1, 0.15) is 181 Å². The van der Waals surface area contributed by atoms with Crippen LogP contribution in [0.2, 0.25) is 0 Å². The van der Waals surface area contributed by atoms with Gasteiger partial charge in [-0.3, -0.25) is 18.6 Å². The lowest BCUT2D eigenvalue weighted by molar-refractivity contribution is -0.870. The average molecular weight is 811 g/mol. The van der Waals surface area contributed by atoms with E-state index < -0.39 is 26.5 Å². The van der Waals surface area contributed by atoms with Gasteiger partial charge in [0.1, 0.15) is 19.8 Å². The molecule has 0 amide bonds. The second-order valence-corrected chi connectivity index (χ2v) is 17.5. The summed E-state index contributed by atoms with van der Waals surface area (Å²) in [4.78, 5) is 35.3. The number of rotatable bonds is 40. The van der Waals surface area contributed by atoms with Crippen molar-refractivity contribution in [3.63, 3.8) is 0 Å². The van der Waals surface area contributed by atoms with Crippen molar-refractivity contribution in [2.24, 2.45) is 0 Å². The predicted octanol–water partition coefficient (Wildman–Crippen LogP) is 12.7. The van der Waals surface area contributed by atoms with Crippen molar-refractivity contribution in [3.8, 4) is 0 Å². The van der Waals surface area contributed by atoms with Crippen LogP contribution in [0.25, 0.3) is 0 Å². The van der Waals surface area contributed by atoms with Crippen molar-refractivity contribution in [2.45, 2.75) is 187 Å². The van der Waals surface area contributed by atoms with E-state index in [0.29, 0.717) is 17.4 Å². The Morgan fingerprint density at radius 1 is 0.554 bits per heavy atom. The maximum Gasteiger partial charge on any atom is 0.472 e. The molecule has 0 fully saturated rings. The van der Waals surface area contributed by atoms with E-state index in [9.17, 15) is 19.0 Å². The highest BCUT2D eigenvalue weighted by Crippen LogP contribution is 2.43. The van der Waals surface area contributed by atoms with Crippen molar-refractivity contribution in [1.82, 2.24) is 0 Å². The van der Waals surface area contributed by atoms with Crippen molar-refractivity contribution in [2.75, 3.05) is 47.5 Å². The molecule has 0 aromatic rings. The van der Waals surface area contributed by atoms with Crippen LogP contribution in [0.4, 0.5) is 0 Å². The summed E-state index contributed by atoms with van der Waals surface area (Å²) in [5.74, 6) is -0.833. The zero-order valence-corrected chi connectivity index (χ0v) is 37.5. The van der Waals surface area contributed by atoms with Crippen LogP contribution in [0.3, 0.4) is 0 Å². The number of unbranched alkanes of at least 4 members (excludes halogenated alkanes) is 18. The summed E-state index contributed by atoms with van der Waals surface area (Å²) in [5.41, 5.74) is 0. The monoisotopic (exact) mass is 811 g/mol. The largest absolute Gasteiger partial charge is 0.472 e. The Kier molecular flexibility index (Phi) is 37.1. The lowest BCUT2D eigenvalue weighted by atomic mass is 10.0. The van der Waals surface area contributed by atoms with Crippen LogP contribution >= 0.6 is 7.82 Å². The molecule has 0 aliphatic carbocycles. The Bertz CT molecular complexity index is 1100. The third-order valence-electron chi connectivity index (χ3n) is 9.36. The molecule has 2 unspecified atom stereocenters. The number of hydrogen-bond donors (Lipinski definition) is 1. The number of phosphoric ester groups is 1. The van der Waals surface area contributed by atoms with Gasteiger partial charge in [0.2, 0.25) is 0 Å². The highest BCUT2D eigenvalue weighted by Gasteiger charge is 2.27. The molecule has 326 valence electrons. The van der Waals surface area contributed by atoms with Gasteiger partial charge in [-0.15, -0.1) is 0 Å². The van der Waals surface area contributed by atoms with Gasteiger partial charge in [-0.25, -0.2) is 4.57 Å². The first kappa shape index (κ1) is 54.0. The minimum Gasteiger partial charge on any atom is -0.462 e. The maximum atomic E-state index is 12.7. The van der Waals surface area contributed by atoms with Crippen molar-refractivity contribution in [1.29, 1.82) is 0 Å². The number of nitrogens with zero attached hydrogens (tertiary/aromatic N) is 1. The van der Waals surface area contributed by atoms with Gasteiger partial charge in [0.25, 0.3) is 0 Å². The molecule has 1 N–H and O–H groups in total. The summed E-state index contributed by atoms with van der Waals surface area (Å²) in [5, 5.41) is 0. The number of carbonyl (C=O) groups is 2. The van der Waals surface area contributed by atoms with Crippen molar-refractivity contribution < 1.29 is 42.1 Å². The van der Waals surface area contributed by atoms with Gasteiger partial charge >= 0.3 is 19.8 Å². The first-order valence-electron chi connectivity index (χ1n) is 22.4. The number of likely N-dealkylation sites (N-methyl/N-ethyl adjacent to an activating group) is 1. The number of quaternary nitrogens is 1. The number of ether oxygens (including phenoxy) is 2. The summed E-state index contributed by atoms with van der Waals surface area (Å²) >= 11 is 0. The highest BCUT2D eigenvalue weighted by molar-refractivity contribution is 7.47. The number of carbonyl (C=O) groups excluding carboxylic acids is 2. The average Bonchev–Trinajstić information content (AvgIpc) is 3.15. The minimum absolute atomic E-state index is 0.0247. The van der Waals surface area contributed by atoms with Crippen LogP contribution in [-0.4, -0.2) is 74.9 Å². The van der Waals surface area contributed by atoms with Gasteiger partial charge in [-0.2, -0.15) is 0 Å². The van der Waals surface area contributed by atoms with Crippen LogP contribution < -0.4 is 0 Å². The molecule has 0 rings (SSSR count). The molecular weight excluding hydrogens is 725 g/mol. The second kappa shape index (κ2) is 38.5. The summed E-state index contributed by atoms with van der Waals surface area (Å²) in [7, 11) is 1.45. The van der Waals surface area contributed by atoms with Crippen molar-refractivity contribution >= 4 is 19.8 Å². The molecule has 0 aliphatic heterocycles. The third-order valence-corrected chi connectivity index (χ3v) is 10.3. The molecule has 0 saturated carbocycles. The minimum atomic E-state index is -4.38. The Labute approximate surface area is 343 Å². The molecule has 0 aromatic carbocycles. The standard InChI is InChI=1S/C46H84NO8P/c1-6-8-10-12-14-16-18-20-21-22-23-24-25-27-29-31-33-35-37-39-46(49)55-44(43-54-56(50,51)53-41-40-47(3,4)5)42-52-45(48)38-36-34-32-30-28-26-19-17-15-13-11-9-7-2/h14,16,20-21,23-24,27,29,44H,6-13,15,17-19,22,25-26,28,30-43H2,1-5H3/p+1/b16-14-,21-20-,24-23-,29-27-. The SMILES string of the molecule is CCCCC/C=C\C/C=C\C/C=C\C/C=C\CCCCCC(=O)OC(COC(=O)CCCCCCCCCCCCCCC)COP(=O)(O)OCC[N+](C)(C)C. The molecular formula is C46H85NO8P+. The zero-order chi connectivity index (χ0) is 41.4. The lowest BCUT2D eigenvalue weighted by Gasteiger charge is -2.24. The molecule has 0 radical (unpaired) electrons. The Hall–Kier alpha value is -2.03. The summed E-state index contributed by atoms with van der Waals surface area (Å²) in [6.07, 6.45) is 44.4. The van der Waals surface area contributed by atoms with E-state index in [1.54, 1.807) is 0 Å². The number of phosphoric acid groups is 1. The smallest absolute Gasteiger partial charge is 0.462 e. The van der Waals surface area contributed by atoms with E-state index in [0.717, 1.165) is 57.8 Å². The van der Waals surface area contributed by atoms with E-state index in [2.05, 4.69) is 62.5 Å². The topological polar surface area (TPSA) is 108 Å². The first-order valence-corrected chi connectivity index (χ1v) is 23.9. The predicted molar refractivity (Wildman–Crippen MR) is 233 cm³/mol. The second-order valence-electron chi connectivity index (χ2n) is 16.1. The van der Waals surface area contributed by atoms with Crippen LogP contribution in [0.5, 0.6) is 0 Å². The summed E-state index contributed by atoms with van der Waals surface area (Å²) in [6.45, 7) is 4.35. The fraction of sp³-hybridized carbons (Fsp3) is 0.783. The van der Waals surface area contributed by atoms with E-state index in [-0.39, 0.29) is 32.0 Å². The van der Waals surface area contributed by atoms with E-state index in [4.69, 9.17) is 18.5 Å². The number of hydrogen-bond acceptors (Lipinski definition) is 7. The molecule has 0 aliphatic rings. The van der Waals surface area contributed by atoms with E-state index >= 15 is 0 Å². The van der Waals surface area contributed by atoms with Gasteiger partial charge in [-0.1, -0.05) is 159 Å². The molecule has 0 aromatic heterocycles. The number of allylic oxidation sites excluding steroid dienone is 8. The van der Waals surface area contributed by atoms with Crippen LogP contribution in [0.15, 0.2) is 48.6 Å². The number of esters is 2. The normalized spacial score (nSPS) is 14.0. The zero-order valence-electron chi connectivity index (χ0n) is 36.6. The fourth-order valence-corrected chi connectivity index (χ4v) is 6.56. The summed E-state index contributed by atoms with van der Waals surface area (Å²) < 4.78 is 34.3. The molecule has 2 atom stereocenters. The quantitative estimate of drug-likeness (QED) is 0.0214. The molecule has 0 spiro atoms. The Morgan fingerprint density at radius 3 is 1.46 bits per heavy atom. The van der Waals surface area contributed by atoms with Gasteiger partial charge in [0, 0.05) is 12.8 Å².